The van der Waals surface area contributed by atoms with Gasteiger partial charge in [0.05, 0.1) is 0 Å². The lowest BCUT2D eigenvalue weighted by molar-refractivity contribution is -0.122. The molecule has 0 bridgehead atoms. The van der Waals surface area contributed by atoms with Crippen molar-refractivity contribution in [1.82, 2.24) is 10.3 Å². The highest BCUT2D eigenvalue weighted by Gasteiger charge is 2.17. The van der Waals surface area contributed by atoms with Gasteiger partial charge in [-0.3, -0.25) is 4.79 Å². The van der Waals surface area contributed by atoms with E-state index in [1.54, 1.807) is 0 Å². The third-order valence-corrected chi connectivity index (χ3v) is 5.09. The summed E-state index contributed by atoms with van der Waals surface area (Å²) in [5, 5.41) is 14.1. The number of ether oxygens (including phenoxy) is 1. The summed E-state index contributed by atoms with van der Waals surface area (Å²) in [4.78, 5) is 27.1. The van der Waals surface area contributed by atoms with Crippen molar-refractivity contribution in [3.63, 3.8) is 0 Å². The van der Waals surface area contributed by atoms with Crippen molar-refractivity contribution in [1.29, 1.82) is 0 Å². The van der Waals surface area contributed by atoms with Crippen LogP contribution < -0.4 is 5.32 Å². The Labute approximate surface area is 149 Å². The predicted molar refractivity (Wildman–Crippen MR) is 94.5 cm³/mol. The van der Waals surface area contributed by atoms with E-state index >= 15 is 0 Å². The lowest BCUT2D eigenvalue weighted by atomic mass is 9.96. The molecule has 0 unspecified atom stereocenters. The topological polar surface area (TPSA) is 88.5 Å². The average Bonchev–Trinajstić information content (AvgIpc) is 3.12. The second-order valence-electron chi connectivity index (χ2n) is 6.08. The zero-order chi connectivity index (χ0) is 17.6. The van der Waals surface area contributed by atoms with Crippen molar-refractivity contribution >= 4 is 23.2 Å². The van der Waals surface area contributed by atoms with Gasteiger partial charge in [0.2, 0.25) is 5.91 Å². The highest BCUT2D eigenvalue weighted by Crippen LogP contribution is 2.24. The molecule has 1 saturated heterocycles. The van der Waals surface area contributed by atoms with Gasteiger partial charge in [-0.15, -0.1) is 11.3 Å². The molecule has 0 spiro atoms. The number of nitrogens with one attached hydrogen (secondary N) is 1. The first-order valence-electron chi connectivity index (χ1n) is 8.24. The molecule has 1 aromatic heterocycles. The largest absolute Gasteiger partial charge is 0.476 e. The number of nitrogens with zero attached hydrogens (tertiary/aromatic N) is 1. The fourth-order valence-electron chi connectivity index (χ4n) is 2.80. The SMILES string of the molecule is O=C(CC1CCOCC1)NCc1cccc(-c2nc(C(=O)O)cs2)c1. The number of benzene rings is 1. The number of thiazole rings is 1. The number of amides is 1. The van der Waals surface area contributed by atoms with Gasteiger partial charge in [-0.1, -0.05) is 18.2 Å². The predicted octanol–water partition coefficient (Wildman–Crippen LogP) is 2.94. The van der Waals surface area contributed by atoms with Gasteiger partial charge < -0.3 is 15.2 Å². The Morgan fingerprint density at radius 3 is 2.84 bits per heavy atom. The molecule has 1 aliphatic heterocycles. The quantitative estimate of drug-likeness (QED) is 0.827. The minimum absolute atomic E-state index is 0.0511. The molecular formula is C18H20N2O4S. The van der Waals surface area contributed by atoms with Gasteiger partial charge in [0.1, 0.15) is 5.01 Å². The highest BCUT2D eigenvalue weighted by molar-refractivity contribution is 7.13. The zero-order valence-corrected chi connectivity index (χ0v) is 14.6. The minimum Gasteiger partial charge on any atom is -0.476 e. The van der Waals surface area contributed by atoms with Crippen molar-refractivity contribution in [2.24, 2.45) is 5.92 Å². The molecule has 0 atom stereocenters. The van der Waals surface area contributed by atoms with Crippen LogP contribution in [0.3, 0.4) is 0 Å². The molecule has 2 aromatic rings. The van der Waals surface area contributed by atoms with Crippen LogP contribution in [0.2, 0.25) is 0 Å². The molecule has 132 valence electrons. The van der Waals surface area contributed by atoms with Crippen LogP contribution >= 0.6 is 11.3 Å². The summed E-state index contributed by atoms with van der Waals surface area (Å²) in [6, 6.07) is 7.64. The maximum atomic E-state index is 12.1. The number of carboxylic acids is 1. The maximum Gasteiger partial charge on any atom is 0.355 e. The minimum atomic E-state index is -1.03. The Morgan fingerprint density at radius 2 is 2.12 bits per heavy atom. The molecule has 1 amide bonds. The molecule has 1 fully saturated rings. The Hall–Kier alpha value is -2.25. The number of rotatable bonds is 6. The van der Waals surface area contributed by atoms with Gasteiger partial charge in [-0.05, 0) is 30.4 Å². The third-order valence-electron chi connectivity index (χ3n) is 4.20. The number of hydrogen-bond donors (Lipinski definition) is 2. The number of carbonyl (C=O) groups is 2. The van der Waals surface area contributed by atoms with Crippen molar-refractivity contribution in [2.45, 2.75) is 25.8 Å². The Balaban J connectivity index is 1.57. The van der Waals surface area contributed by atoms with E-state index in [2.05, 4.69) is 10.3 Å². The van der Waals surface area contributed by atoms with Crippen molar-refractivity contribution in [3.8, 4) is 10.6 Å². The zero-order valence-electron chi connectivity index (χ0n) is 13.7. The summed E-state index contributed by atoms with van der Waals surface area (Å²) < 4.78 is 5.31. The van der Waals surface area contributed by atoms with Crippen molar-refractivity contribution in [3.05, 3.63) is 40.9 Å². The van der Waals surface area contributed by atoms with Crippen LogP contribution in [0.15, 0.2) is 29.6 Å². The third kappa shape index (κ3) is 4.87. The molecule has 0 saturated carbocycles. The highest BCUT2D eigenvalue weighted by atomic mass is 32.1. The van der Waals surface area contributed by atoms with Crippen LogP contribution in [0, 0.1) is 5.92 Å². The second kappa shape index (κ2) is 8.22. The first-order chi connectivity index (χ1) is 12.1. The van der Waals surface area contributed by atoms with E-state index in [0.29, 0.717) is 23.9 Å². The molecule has 3 rings (SSSR count). The van der Waals surface area contributed by atoms with E-state index in [0.717, 1.165) is 37.2 Å². The Kier molecular flexibility index (Phi) is 5.78. The number of aromatic nitrogens is 1. The van der Waals surface area contributed by atoms with E-state index in [4.69, 9.17) is 9.84 Å². The maximum absolute atomic E-state index is 12.1. The molecule has 7 heteroatoms. The van der Waals surface area contributed by atoms with Crippen LogP contribution in [0.1, 0.15) is 35.3 Å². The summed E-state index contributed by atoms with van der Waals surface area (Å²) in [5.74, 6) is -0.566. The normalized spacial score (nSPS) is 15.0. The summed E-state index contributed by atoms with van der Waals surface area (Å²) in [7, 11) is 0. The smallest absolute Gasteiger partial charge is 0.355 e. The fraction of sp³-hybridized carbons (Fsp3) is 0.389. The standard InChI is InChI=1S/C18H20N2O4S/c21-16(9-12-4-6-24-7-5-12)19-10-13-2-1-3-14(8-13)17-20-15(11-25-17)18(22)23/h1-3,8,11-12H,4-7,9-10H2,(H,19,21)(H,22,23). The Morgan fingerprint density at radius 1 is 1.32 bits per heavy atom. The molecule has 1 aromatic carbocycles. The lowest BCUT2D eigenvalue weighted by Gasteiger charge is -2.21. The van der Waals surface area contributed by atoms with Gasteiger partial charge in [-0.2, -0.15) is 0 Å². The van der Waals surface area contributed by atoms with Gasteiger partial charge in [-0.25, -0.2) is 9.78 Å². The number of aromatic carboxylic acids is 1. The number of hydrogen-bond acceptors (Lipinski definition) is 5. The summed E-state index contributed by atoms with van der Waals surface area (Å²) >= 11 is 1.30. The van der Waals surface area contributed by atoms with Crippen LogP contribution in [0.5, 0.6) is 0 Å². The average molecular weight is 360 g/mol. The van der Waals surface area contributed by atoms with E-state index < -0.39 is 5.97 Å². The summed E-state index contributed by atoms with van der Waals surface area (Å²) in [5.41, 5.74) is 1.87. The van der Waals surface area contributed by atoms with Gasteiger partial charge >= 0.3 is 5.97 Å². The van der Waals surface area contributed by atoms with Gasteiger partial charge in [0.25, 0.3) is 0 Å². The molecule has 2 N–H and O–H groups in total. The first-order valence-corrected chi connectivity index (χ1v) is 9.12. The molecular weight excluding hydrogens is 340 g/mol. The van der Waals surface area contributed by atoms with Gasteiger partial charge in [0, 0.05) is 37.1 Å². The molecule has 2 heterocycles. The van der Waals surface area contributed by atoms with E-state index in [-0.39, 0.29) is 11.6 Å². The summed E-state index contributed by atoms with van der Waals surface area (Å²) in [6.07, 6.45) is 2.43. The van der Waals surface area contributed by atoms with E-state index in [1.165, 1.54) is 16.7 Å². The van der Waals surface area contributed by atoms with Crippen LogP contribution in [0.25, 0.3) is 10.6 Å². The first kappa shape index (κ1) is 17.6. The van der Waals surface area contributed by atoms with Crippen LogP contribution in [-0.2, 0) is 16.1 Å². The fourth-order valence-corrected chi connectivity index (χ4v) is 3.60. The van der Waals surface area contributed by atoms with Crippen molar-refractivity contribution < 1.29 is 19.4 Å². The molecule has 0 aliphatic carbocycles. The number of carbonyl (C=O) groups excluding carboxylic acids is 1. The van der Waals surface area contributed by atoms with E-state index in [1.807, 2.05) is 24.3 Å². The molecule has 25 heavy (non-hydrogen) atoms. The Bertz CT molecular complexity index is 753. The molecule has 6 nitrogen and oxygen atoms in total. The van der Waals surface area contributed by atoms with E-state index in [9.17, 15) is 9.59 Å². The summed E-state index contributed by atoms with van der Waals surface area (Å²) in [6.45, 7) is 1.94. The van der Waals surface area contributed by atoms with Crippen molar-refractivity contribution in [2.75, 3.05) is 13.2 Å². The monoisotopic (exact) mass is 360 g/mol. The molecule has 0 radical (unpaired) electrons. The molecule has 1 aliphatic rings. The second-order valence-corrected chi connectivity index (χ2v) is 6.94. The van der Waals surface area contributed by atoms with Crippen LogP contribution in [-0.4, -0.2) is 35.2 Å². The number of carboxylic acid groups (broad SMARTS) is 1. The van der Waals surface area contributed by atoms with Gasteiger partial charge in [0.15, 0.2) is 5.69 Å². The van der Waals surface area contributed by atoms with Crippen LogP contribution in [0.4, 0.5) is 0 Å². The lowest BCUT2D eigenvalue weighted by Crippen LogP contribution is -2.27.